The van der Waals surface area contributed by atoms with Crippen LogP contribution in [0.25, 0.3) is 11.0 Å². The van der Waals surface area contributed by atoms with Crippen molar-refractivity contribution in [3.05, 3.63) is 68.6 Å². The third-order valence-corrected chi connectivity index (χ3v) is 8.63. The molecule has 0 bridgehead atoms. The summed E-state index contributed by atoms with van der Waals surface area (Å²) in [4.78, 5) is 21.4. The van der Waals surface area contributed by atoms with E-state index in [4.69, 9.17) is 4.42 Å². The lowest BCUT2D eigenvalue weighted by atomic mass is 10.1. The number of amides is 1. The highest BCUT2D eigenvalue weighted by molar-refractivity contribution is 8.00. The summed E-state index contributed by atoms with van der Waals surface area (Å²) in [6.07, 6.45) is 1.10. The lowest BCUT2D eigenvalue weighted by Crippen LogP contribution is -2.37. The maximum absolute atomic E-state index is 13.0. The molecule has 1 aliphatic heterocycles. The zero-order valence-corrected chi connectivity index (χ0v) is 19.7. The maximum atomic E-state index is 13.0. The molecule has 0 fully saturated rings. The smallest absolute Gasteiger partial charge is 0.287 e. The van der Waals surface area contributed by atoms with E-state index in [1.165, 1.54) is 10.4 Å². The number of furan rings is 1. The fraction of sp³-hybridized carbons (Fsp3) is 0.304. The molecular weight excluding hydrogens is 446 g/mol. The van der Waals surface area contributed by atoms with Gasteiger partial charge in [-0.15, -0.1) is 22.7 Å². The van der Waals surface area contributed by atoms with Crippen LogP contribution in [0.5, 0.6) is 0 Å². The van der Waals surface area contributed by atoms with Gasteiger partial charge in [0.05, 0.1) is 0 Å². The number of hydrogen-bond donors (Lipinski definition) is 1. The van der Waals surface area contributed by atoms with Gasteiger partial charge in [-0.1, -0.05) is 30.0 Å². The van der Waals surface area contributed by atoms with Crippen molar-refractivity contribution in [2.75, 3.05) is 19.6 Å². The predicted molar refractivity (Wildman–Crippen MR) is 128 cm³/mol. The lowest BCUT2D eigenvalue weighted by Gasteiger charge is -2.26. The molecule has 0 radical (unpaired) electrons. The SMILES string of the molecule is Cc1csc(SCc2c(C(=O)NCCN3CCc4sccc4C3)oc3ccccc23)n1. The number of hydrogen-bond acceptors (Lipinski definition) is 7. The van der Waals surface area contributed by atoms with Crippen molar-refractivity contribution in [2.45, 2.75) is 30.0 Å². The average molecular weight is 470 g/mol. The molecule has 1 aliphatic rings. The molecule has 4 heterocycles. The third-order valence-electron chi connectivity index (χ3n) is 5.44. The molecule has 0 saturated heterocycles. The van der Waals surface area contributed by atoms with Gasteiger partial charge in [-0.25, -0.2) is 4.98 Å². The molecule has 0 spiro atoms. The second-order valence-corrected chi connectivity index (χ2v) is 10.7. The second-order valence-electron chi connectivity index (χ2n) is 7.60. The van der Waals surface area contributed by atoms with Gasteiger partial charge in [0, 0.05) is 58.8 Å². The monoisotopic (exact) mass is 469 g/mol. The van der Waals surface area contributed by atoms with Crippen LogP contribution in [0, 0.1) is 6.92 Å². The fourth-order valence-electron chi connectivity index (χ4n) is 3.86. The number of para-hydroxylation sites is 1. The van der Waals surface area contributed by atoms with Gasteiger partial charge in [0.2, 0.25) is 0 Å². The third kappa shape index (κ3) is 4.57. The standard InChI is InChI=1S/C23H23N3O2S3/c1-15-13-30-23(25-15)31-14-18-17-4-2-3-5-19(17)28-21(18)22(27)24-8-10-26-9-6-20-16(12-26)7-11-29-20/h2-5,7,11,13H,6,8-10,12,14H2,1H3,(H,24,27). The molecule has 160 valence electrons. The number of thioether (sulfide) groups is 1. The van der Waals surface area contributed by atoms with Crippen LogP contribution in [0.2, 0.25) is 0 Å². The molecule has 1 N–H and O–H groups in total. The van der Waals surface area contributed by atoms with Crippen molar-refractivity contribution in [3.8, 4) is 0 Å². The van der Waals surface area contributed by atoms with E-state index in [2.05, 4.69) is 26.6 Å². The molecule has 0 aliphatic carbocycles. The first-order chi connectivity index (χ1) is 15.2. The number of nitrogens with zero attached hydrogens (tertiary/aromatic N) is 2. The summed E-state index contributed by atoms with van der Waals surface area (Å²) in [7, 11) is 0. The Morgan fingerprint density at radius 2 is 2.19 bits per heavy atom. The van der Waals surface area contributed by atoms with Crippen LogP contribution in [0.1, 0.15) is 32.3 Å². The number of rotatable bonds is 7. The van der Waals surface area contributed by atoms with Crippen LogP contribution >= 0.6 is 34.4 Å². The van der Waals surface area contributed by atoms with E-state index in [1.54, 1.807) is 23.1 Å². The Morgan fingerprint density at radius 1 is 1.29 bits per heavy atom. The molecule has 5 nitrogen and oxygen atoms in total. The van der Waals surface area contributed by atoms with Crippen molar-refractivity contribution in [3.63, 3.8) is 0 Å². The van der Waals surface area contributed by atoms with E-state index in [0.29, 0.717) is 18.1 Å². The highest BCUT2D eigenvalue weighted by Crippen LogP contribution is 2.33. The summed E-state index contributed by atoms with van der Waals surface area (Å²) in [5.41, 5.74) is 4.14. The number of thiazole rings is 1. The van der Waals surface area contributed by atoms with Crippen LogP contribution < -0.4 is 5.32 Å². The molecule has 8 heteroatoms. The van der Waals surface area contributed by atoms with Crippen LogP contribution in [0.3, 0.4) is 0 Å². The minimum absolute atomic E-state index is 0.143. The van der Waals surface area contributed by atoms with Crippen molar-refractivity contribution in [1.82, 2.24) is 15.2 Å². The number of nitrogens with one attached hydrogen (secondary N) is 1. The van der Waals surface area contributed by atoms with Gasteiger partial charge >= 0.3 is 0 Å². The van der Waals surface area contributed by atoms with Crippen molar-refractivity contribution in [2.24, 2.45) is 0 Å². The van der Waals surface area contributed by atoms with Crippen molar-refractivity contribution in [1.29, 1.82) is 0 Å². The summed E-state index contributed by atoms with van der Waals surface area (Å²) >= 11 is 5.13. The summed E-state index contributed by atoms with van der Waals surface area (Å²) in [6.45, 7) is 5.45. The van der Waals surface area contributed by atoms with Gasteiger partial charge in [0.15, 0.2) is 5.76 Å². The van der Waals surface area contributed by atoms with Gasteiger partial charge in [0.25, 0.3) is 5.91 Å². The Morgan fingerprint density at radius 3 is 3.06 bits per heavy atom. The van der Waals surface area contributed by atoms with E-state index >= 15 is 0 Å². The number of aromatic nitrogens is 1. The van der Waals surface area contributed by atoms with Crippen LogP contribution in [-0.2, 0) is 18.7 Å². The number of carbonyl (C=O) groups excluding carboxylic acids is 1. The van der Waals surface area contributed by atoms with E-state index in [0.717, 1.165) is 52.6 Å². The van der Waals surface area contributed by atoms with Crippen LogP contribution in [-0.4, -0.2) is 35.4 Å². The fourth-order valence-corrected chi connectivity index (χ4v) is 6.63. The molecule has 0 atom stereocenters. The number of aryl methyl sites for hydroxylation is 1. The van der Waals surface area contributed by atoms with Gasteiger partial charge < -0.3 is 9.73 Å². The Bertz CT molecular complexity index is 1210. The molecule has 0 saturated carbocycles. The number of benzene rings is 1. The van der Waals surface area contributed by atoms with E-state index in [-0.39, 0.29) is 5.91 Å². The largest absolute Gasteiger partial charge is 0.451 e. The molecule has 3 aromatic heterocycles. The normalized spacial score (nSPS) is 14.1. The van der Waals surface area contributed by atoms with Gasteiger partial charge in [-0.05, 0) is 36.4 Å². The van der Waals surface area contributed by atoms with Gasteiger partial charge in [0.1, 0.15) is 9.92 Å². The molecule has 4 aromatic rings. The number of thiophene rings is 1. The van der Waals surface area contributed by atoms with Gasteiger partial charge in [-0.2, -0.15) is 0 Å². The Labute approximate surface area is 193 Å². The average Bonchev–Trinajstić information content (AvgIpc) is 3.50. The first-order valence-electron chi connectivity index (χ1n) is 10.3. The quantitative estimate of drug-likeness (QED) is 0.370. The minimum atomic E-state index is -0.143. The summed E-state index contributed by atoms with van der Waals surface area (Å²) in [6, 6.07) is 10.1. The molecule has 31 heavy (non-hydrogen) atoms. The Hall–Kier alpha value is -2.13. The van der Waals surface area contributed by atoms with Gasteiger partial charge in [-0.3, -0.25) is 9.69 Å². The highest BCUT2D eigenvalue weighted by atomic mass is 32.2. The minimum Gasteiger partial charge on any atom is -0.451 e. The van der Waals surface area contributed by atoms with Crippen molar-refractivity contribution >= 4 is 51.3 Å². The molecule has 5 rings (SSSR count). The van der Waals surface area contributed by atoms with Crippen molar-refractivity contribution < 1.29 is 9.21 Å². The van der Waals surface area contributed by atoms with E-state index in [9.17, 15) is 4.79 Å². The number of carbonyl (C=O) groups is 1. The summed E-state index contributed by atoms with van der Waals surface area (Å²) < 4.78 is 6.99. The molecule has 1 aromatic carbocycles. The Balaban J connectivity index is 1.25. The van der Waals surface area contributed by atoms with E-state index in [1.807, 2.05) is 47.9 Å². The lowest BCUT2D eigenvalue weighted by molar-refractivity contribution is 0.0921. The molecule has 1 amide bonds. The Kier molecular flexibility index (Phi) is 6.13. The summed E-state index contributed by atoms with van der Waals surface area (Å²) in [5, 5.41) is 8.28. The molecular formula is C23H23N3O2S3. The first kappa shape index (κ1) is 20.8. The van der Waals surface area contributed by atoms with E-state index < -0.39 is 0 Å². The molecule has 0 unspecified atom stereocenters. The van der Waals surface area contributed by atoms with Crippen LogP contribution in [0.15, 0.2) is 49.8 Å². The highest BCUT2D eigenvalue weighted by Gasteiger charge is 2.22. The predicted octanol–water partition coefficient (Wildman–Crippen LogP) is 5.34. The second kappa shape index (κ2) is 9.16. The number of fused-ring (bicyclic) bond motifs is 2. The first-order valence-corrected chi connectivity index (χ1v) is 13.0. The van der Waals surface area contributed by atoms with Crippen LogP contribution in [0.4, 0.5) is 0 Å². The summed E-state index contributed by atoms with van der Waals surface area (Å²) in [5.74, 6) is 0.927. The zero-order chi connectivity index (χ0) is 21.2. The zero-order valence-electron chi connectivity index (χ0n) is 17.2. The maximum Gasteiger partial charge on any atom is 0.287 e. The topological polar surface area (TPSA) is 58.4 Å².